The van der Waals surface area contributed by atoms with Gasteiger partial charge in [-0.1, -0.05) is 25.5 Å². The molecule has 4 heteroatoms. The topological polar surface area (TPSA) is 32.8 Å². The van der Waals surface area contributed by atoms with Crippen LogP contribution in [0.3, 0.4) is 0 Å². The molecule has 2 aliphatic rings. The van der Waals surface area contributed by atoms with Crippen LogP contribution in [0.15, 0.2) is 18.2 Å². The largest absolute Gasteiger partial charge is 0.490 e. The Balaban J connectivity index is 1.54. The van der Waals surface area contributed by atoms with Crippen molar-refractivity contribution in [2.75, 3.05) is 26.2 Å². The van der Waals surface area contributed by atoms with Gasteiger partial charge in [-0.3, -0.25) is 9.69 Å². The van der Waals surface area contributed by atoms with Gasteiger partial charge in [0.1, 0.15) is 11.9 Å². The maximum atomic E-state index is 13.0. The molecule has 0 spiro atoms. The number of ether oxygens (including phenoxy) is 1. The number of nitrogens with zero attached hydrogens (tertiary/aromatic N) is 2. The first-order valence-corrected chi connectivity index (χ1v) is 10.3. The van der Waals surface area contributed by atoms with Crippen LogP contribution in [0.4, 0.5) is 0 Å². The van der Waals surface area contributed by atoms with E-state index in [1.807, 2.05) is 0 Å². The molecule has 1 unspecified atom stereocenters. The molecule has 2 heterocycles. The SMILES string of the molecule is CCCN1CCCCC1C(=O)N1CCC(Oc2cc(C)ccc2C)CC1. The predicted octanol–water partition coefficient (Wildman–Crippen LogP) is 3.94. The molecule has 2 aliphatic heterocycles. The van der Waals surface area contributed by atoms with E-state index in [2.05, 4.69) is 48.8 Å². The van der Waals surface area contributed by atoms with Crippen LogP contribution in [-0.2, 0) is 4.79 Å². The highest BCUT2D eigenvalue weighted by atomic mass is 16.5. The van der Waals surface area contributed by atoms with Gasteiger partial charge < -0.3 is 9.64 Å². The fourth-order valence-electron chi connectivity index (χ4n) is 4.24. The molecule has 1 aromatic carbocycles. The number of rotatable bonds is 5. The molecule has 4 nitrogen and oxygen atoms in total. The van der Waals surface area contributed by atoms with E-state index in [1.54, 1.807) is 0 Å². The van der Waals surface area contributed by atoms with Gasteiger partial charge in [-0.15, -0.1) is 0 Å². The average Bonchev–Trinajstić information content (AvgIpc) is 2.65. The van der Waals surface area contributed by atoms with Crippen LogP contribution >= 0.6 is 0 Å². The summed E-state index contributed by atoms with van der Waals surface area (Å²) in [7, 11) is 0. The van der Waals surface area contributed by atoms with Gasteiger partial charge in [-0.05, 0) is 63.4 Å². The van der Waals surface area contributed by atoms with Gasteiger partial charge in [0.2, 0.25) is 5.91 Å². The summed E-state index contributed by atoms with van der Waals surface area (Å²) in [6, 6.07) is 6.47. The average molecular weight is 359 g/mol. The van der Waals surface area contributed by atoms with Crippen molar-refractivity contribution in [3.63, 3.8) is 0 Å². The third-order valence-corrected chi connectivity index (χ3v) is 5.80. The molecular formula is C22H34N2O2. The standard InChI is InChI=1S/C22H34N2O2/c1-4-12-23-13-6-5-7-20(23)22(25)24-14-10-19(11-15-24)26-21-16-17(2)8-9-18(21)3/h8-9,16,19-20H,4-7,10-15H2,1-3H3. The predicted molar refractivity (Wildman–Crippen MR) is 106 cm³/mol. The lowest BCUT2D eigenvalue weighted by Gasteiger charge is -2.40. The van der Waals surface area contributed by atoms with Crippen molar-refractivity contribution in [2.45, 2.75) is 71.4 Å². The first-order valence-electron chi connectivity index (χ1n) is 10.3. The highest BCUT2D eigenvalue weighted by Gasteiger charge is 2.33. The summed E-state index contributed by atoms with van der Waals surface area (Å²) >= 11 is 0. The first kappa shape index (κ1) is 19.2. The van der Waals surface area contributed by atoms with Gasteiger partial charge in [0.25, 0.3) is 0 Å². The number of likely N-dealkylation sites (tertiary alicyclic amines) is 2. The Hall–Kier alpha value is -1.55. The summed E-state index contributed by atoms with van der Waals surface area (Å²) in [5, 5.41) is 0. The molecule has 2 saturated heterocycles. The van der Waals surface area contributed by atoms with Crippen LogP contribution in [0.1, 0.15) is 56.6 Å². The van der Waals surface area contributed by atoms with Crippen molar-refractivity contribution in [1.82, 2.24) is 9.80 Å². The van der Waals surface area contributed by atoms with E-state index in [1.165, 1.54) is 24.0 Å². The van der Waals surface area contributed by atoms with Crippen molar-refractivity contribution < 1.29 is 9.53 Å². The summed E-state index contributed by atoms with van der Waals surface area (Å²) in [5.41, 5.74) is 2.41. The van der Waals surface area contributed by atoms with Gasteiger partial charge in [0.15, 0.2) is 0 Å². The molecule has 1 aromatic rings. The van der Waals surface area contributed by atoms with Gasteiger partial charge in [-0.2, -0.15) is 0 Å². The Labute approximate surface area is 158 Å². The van der Waals surface area contributed by atoms with Crippen molar-refractivity contribution >= 4 is 5.91 Å². The molecule has 0 bridgehead atoms. The zero-order chi connectivity index (χ0) is 18.5. The zero-order valence-corrected chi connectivity index (χ0v) is 16.7. The maximum absolute atomic E-state index is 13.0. The Morgan fingerprint density at radius 1 is 1.12 bits per heavy atom. The number of aryl methyl sites for hydroxylation is 2. The van der Waals surface area contributed by atoms with Crippen LogP contribution < -0.4 is 4.74 Å². The molecule has 0 aliphatic carbocycles. The van der Waals surface area contributed by atoms with Gasteiger partial charge >= 0.3 is 0 Å². The fraction of sp³-hybridized carbons (Fsp3) is 0.682. The summed E-state index contributed by atoms with van der Waals surface area (Å²) in [6.45, 7) is 10.2. The van der Waals surface area contributed by atoms with E-state index in [0.717, 1.165) is 57.6 Å². The van der Waals surface area contributed by atoms with Gasteiger partial charge in [0.05, 0.1) is 6.04 Å². The minimum absolute atomic E-state index is 0.111. The molecule has 1 amide bonds. The van der Waals surface area contributed by atoms with E-state index in [0.29, 0.717) is 5.91 Å². The van der Waals surface area contributed by atoms with Crippen LogP contribution in [0.5, 0.6) is 5.75 Å². The quantitative estimate of drug-likeness (QED) is 0.799. The van der Waals surface area contributed by atoms with Crippen molar-refractivity contribution in [1.29, 1.82) is 0 Å². The number of hydrogen-bond donors (Lipinski definition) is 0. The highest BCUT2D eigenvalue weighted by Crippen LogP contribution is 2.25. The number of carbonyl (C=O) groups is 1. The molecule has 0 saturated carbocycles. The monoisotopic (exact) mass is 358 g/mol. The highest BCUT2D eigenvalue weighted by molar-refractivity contribution is 5.82. The Morgan fingerprint density at radius 3 is 2.62 bits per heavy atom. The molecule has 0 aromatic heterocycles. The molecule has 26 heavy (non-hydrogen) atoms. The third kappa shape index (κ3) is 4.59. The first-order chi connectivity index (χ1) is 12.6. The number of piperidine rings is 2. The molecule has 144 valence electrons. The summed E-state index contributed by atoms with van der Waals surface area (Å²) in [5.74, 6) is 1.35. The number of carbonyl (C=O) groups excluding carboxylic acids is 1. The zero-order valence-electron chi connectivity index (χ0n) is 16.7. The molecule has 3 rings (SSSR count). The molecular weight excluding hydrogens is 324 g/mol. The summed E-state index contributed by atoms with van der Waals surface area (Å²) in [4.78, 5) is 17.5. The molecule has 0 N–H and O–H groups in total. The summed E-state index contributed by atoms with van der Waals surface area (Å²) in [6.07, 6.45) is 6.64. The van der Waals surface area contributed by atoms with Crippen LogP contribution in [0, 0.1) is 13.8 Å². The minimum atomic E-state index is 0.111. The van der Waals surface area contributed by atoms with Crippen LogP contribution in [-0.4, -0.2) is 54.0 Å². The van der Waals surface area contributed by atoms with E-state index in [4.69, 9.17) is 4.74 Å². The van der Waals surface area contributed by atoms with Crippen LogP contribution in [0.2, 0.25) is 0 Å². The van der Waals surface area contributed by atoms with Gasteiger partial charge in [0, 0.05) is 25.9 Å². The minimum Gasteiger partial charge on any atom is -0.490 e. The summed E-state index contributed by atoms with van der Waals surface area (Å²) < 4.78 is 6.25. The second kappa shape index (κ2) is 8.90. The Morgan fingerprint density at radius 2 is 1.88 bits per heavy atom. The van der Waals surface area contributed by atoms with E-state index >= 15 is 0 Å². The number of hydrogen-bond acceptors (Lipinski definition) is 3. The van der Waals surface area contributed by atoms with E-state index < -0.39 is 0 Å². The fourth-order valence-corrected chi connectivity index (χ4v) is 4.24. The molecule has 1 atom stereocenters. The lowest BCUT2D eigenvalue weighted by atomic mass is 9.99. The van der Waals surface area contributed by atoms with Gasteiger partial charge in [-0.25, -0.2) is 0 Å². The number of benzene rings is 1. The second-order valence-corrected chi connectivity index (χ2v) is 7.96. The van der Waals surface area contributed by atoms with E-state index in [9.17, 15) is 4.79 Å². The van der Waals surface area contributed by atoms with Crippen molar-refractivity contribution in [2.24, 2.45) is 0 Å². The second-order valence-electron chi connectivity index (χ2n) is 7.96. The molecule has 2 fully saturated rings. The normalized spacial score (nSPS) is 22.4. The Bertz CT molecular complexity index is 606. The smallest absolute Gasteiger partial charge is 0.239 e. The maximum Gasteiger partial charge on any atom is 0.239 e. The lowest BCUT2D eigenvalue weighted by Crippen LogP contribution is -2.53. The molecule has 0 radical (unpaired) electrons. The van der Waals surface area contributed by atoms with Crippen molar-refractivity contribution in [3.8, 4) is 5.75 Å². The number of amides is 1. The third-order valence-electron chi connectivity index (χ3n) is 5.80. The van der Waals surface area contributed by atoms with Crippen LogP contribution in [0.25, 0.3) is 0 Å². The van der Waals surface area contributed by atoms with E-state index in [-0.39, 0.29) is 12.1 Å². The Kier molecular flexibility index (Phi) is 6.58. The lowest BCUT2D eigenvalue weighted by molar-refractivity contribution is -0.140. The van der Waals surface area contributed by atoms with Crippen molar-refractivity contribution in [3.05, 3.63) is 29.3 Å².